The third kappa shape index (κ3) is 6.00. The lowest BCUT2D eigenvalue weighted by Gasteiger charge is -1.84. The molecule has 39 valence electrons. The SMILES string of the molecule is CC(C)C=C=[C]Br. The van der Waals surface area contributed by atoms with Crippen LogP contribution in [0.3, 0.4) is 0 Å². The molecule has 0 N–H and O–H groups in total. The summed E-state index contributed by atoms with van der Waals surface area (Å²) in [6.07, 6.45) is 1.94. The first kappa shape index (κ1) is 7.00. The minimum Gasteiger partial charge on any atom is -0.108 e. The second-order valence-corrected chi connectivity index (χ2v) is 2.05. The summed E-state index contributed by atoms with van der Waals surface area (Å²) in [7, 11) is 0. The predicted molar refractivity (Wildman–Crippen MR) is 35.1 cm³/mol. The van der Waals surface area contributed by atoms with Gasteiger partial charge in [-0.25, -0.2) is 0 Å². The monoisotopic (exact) mass is 159 g/mol. The molecule has 0 amide bonds. The van der Waals surface area contributed by atoms with Gasteiger partial charge in [0.2, 0.25) is 0 Å². The Bertz CT molecular complexity index is 86.4. The lowest BCUT2D eigenvalue weighted by Crippen LogP contribution is -1.72. The van der Waals surface area contributed by atoms with E-state index in [1.165, 1.54) is 0 Å². The number of hydrogen-bond donors (Lipinski definition) is 0. The van der Waals surface area contributed by atoms with Crippen LogP contribution >= 0.6 is 15.9 Å². The summed E-state index contributed by atoms with van der Waals surface area (Å²) >= 11 is 2.99. The summed E-state index contributed by atoms with van der Waals surface area (Å²) in [5, 5.41) is 0. The van der Waals surface area contributed by atoms with Gasteiger partial charge in [0.05, 0.1) is 4.99 Å². The van der Waals surface area contributed by atoms with Gasteiger partial charge in [-0.2, -0.15) is 0 Å². The molecule has 0 aromatic rings. The highest BCUT2D eigenvalue weighted by Gasteiger charge is 1.77. The fraction of sp³-hybridized carbons (Fsp3) is 0.500. The first-order chi connectivity index (χ1) is 3.27. The highest BCUT2D eigenvalue weighted by Crippen LogP contribution is 1.90. The molecular formula is C6H8Br. The molecule has 1 radical (unpaired) electrons. The van der Waals surface area contributed by atoms with Crippen molar-refractivity contribution < 1.29 is 0 Å². The van der Waals surface area contributed by atoms with Crippen molar-refractivity contribution in [3.05, 3.63) is 16.8 Å². The van der Waals surface area contributed by atoms with E-state index in [2.05, 4.69) is 40.5 Å². The van der Waals surface area contributed by atoms with Crippen molar-refractivity contribution in [2.24, 2.45) is 5.92 Å². The molecule has 1 heteroatoms. The standard InChI is InChI=1S/C6H8Br/c1-6(2)4-3-5-7/h4,6H,1-2H3. The van der Waals surface area contributed by atoms with Crippen LogP contribution in [0.25, 0.3) is 0 Å². The van der Waals surface area contributed by atoms with Gasteiger partial charge in [0, 0.05) is 0 Å². The van der Waals surface area contributed by atoms with Gasteiger partial charge in [-0.15, -0.1) is 5.73 Å². The van der Waals surface area contributed by atoms with Gasteiger partial charge in [0.15, 0.2) is 0 Å². The van der Waals surface area contributed by atoms with Gasteiger partial charge < -0.3 is 0 Å². The summed E-state index contributed by atoms with van der Waals surface area (Å²) < 4.78 is 0. The van der Waals surface area contributed by atoms with E-state index in [4.69, 9.17) is 0 Å². The van der Waals surface area contributed by atoms with E-state index in [0.717, 1.165) is 0 Å². The third-order valence-electron chi connectivity index (χ3n) is 0.471. The van der Waals surface area contributed by atoms with E-state index in [0.29, 0.717) is 5.92 Å². The van der Waals surface area contributed by atoms with Crippen LogP contribution in [-0.4, -0.2) is 0 Å². The molecule has 0 nitrogen and oxygen atoms in total. The molecule has 0 heterocycles. The van der Waals surface area contributed by atoms with Crippen molar-refractivity contribution in [1.82, 2.24) is 0 Å². The third-order valence-corrected chi connectivity index (χ3v) is 0.700. The molecule has 0 aliphatic rings. The van der Waals surface area contributed by atoms with Gasteiger partial charge in [0.25, 0.3) is 0 Å². The lowest BCUT2D eigenvalue weighted by molar-refractivity contribution is 0.833. The highest BCUT2D eigenvalue weighted by atomic mass is 79.9. The van der Waals surface area contributed by atoms with Gasteiger partial charge in [-0.1, -0.05) is 13.8 Å². The Balaban J connectivity index is 3.46. The maximum atomic E-state index is 2.99. The summed E-state index contributed by atoms with van der Waals surface area (Å²) in [5.41, 5.74) is 2.79. The number of allylic oxidation sites excluding steroid dienone is 1. The van der Waals surface area contributed by atoms with E-state index < -0.39 is 0 Å². The average Bonchev–Trinajstić information content (AvgIpc) is 1.61. The van der Waals surface area contributed by atoms with E-state index >= 15 is 0 Å². The molecule has 0 bridgehead atoms. The second-order valence-electron chi connectivity index (χ2n) is 1.65. The van der Waals surface area contributed by atoms with Crippen LogP contribution < -0.4 is 0 Å². The molecule has 7 heavy (non-hydrogen) atoms. The summed E-state index contributed by atoms with van der Waals surface area (Å²) in [6, 6.07) is 0. The second kappa shape index (κ2) is 4.17. The zero-order chi connectivity index (χ0) is 5.70. The fourth-order valence-corrected chi connectivity index (χ4v) is 0.330. The molecule has 0 unspecified atom stereocenters. The van der Waals surface area contributed by atoms with Crippen molar-refractivity contribution in [2.45, 2.75) is 13.8 Å². The van der Waals surface area contributed by atoms with Crippen molar-refractivity contribution in [1.29, 1.82) is 0 Å². The van der Waals surface area contributed by atoms with E-state index in [1.807, 2.05) is 6.08 Å². The molecule has 0 fully saturated rings. The van der Waals surface area contributed by atoms with Crippen molar-refractivity contribution in [2.75, 3.05) is 0 Å². The van der Waals surface area contributed by atoms with E-state index in [9.17, 15) is 0 Å². The van der Waals surface area contributed by atoms with Crippen LogP contribution in [0.5, 0.6) is 0 Å². The molecule has 0 aromatic carbocycles. The normalized spacial score (nSPS) is 8.00. The van der Waals surface area contributed by atoms with Crippen molar-refractivity contribution >= 4 is 15.9 Å². The Hall–Kier alpha value is 0. The minimum absolute atomic E-state index is 0.574. The maximum Gasteiger partial charge on any atom is 0.0810 e. The number of hydrogen-bond acceptors (Lipinski definition) is 0. The highest BCUT2D eigenvalue weighted by molar-refractivity contribution is 9.10. The Kier molecular flexibility index (Phi) is 4.17. The largest absolute Gasteiger partial charge is 0.108 e. The first-order valence-corrected chi connectivity index (χ1v) is 3.01. The van der Waals surface area contributed by atoms with Crippen LogP contribution in [0.1, 0.15) is 13.8 Å². The molecule has 0 atom stereocenters. The van der Waals surface area contributed by atoms with Crippen molar-refractivity contribution in [3.8, 4) is 0 Å². The minimum atomic E-state index is 0.574. The van der Waals surface area contributed by atoms with Gasteiger partial charge in [-0.05, 0) is 27.9 Å². The quantitative estimate of drug-likeness (QED) is 0.517. The van der Waals surface area contributed by atoms with Crippen LogP contribution in [0, 0.1) is 10.9 Å². The Morgan fingerprint density at radius 3 is 2.29 bits per heavy atom. The summed E-state index contributed by atoms with van der Waals surface area (Å²) in [5.74, 6) is 0.574. The Morgan fingerprint density at radius 2 is 2.14 bits per heavy atom. The molecule has 0 aromatic heterocycles. The van der Waals surface area contributed by atoms with Crippen molar-refractivity contribution in [3.63, 3.8) is 0 Å². The first-order valence-electron chi connectivity index (χ1n) is 2.22. The lowest BCUT2D eigenvalue weighted by atomic mass is 10.2. The topological polar surface area (TPSA) is 0 Å². The summed E-state index contributed by atoms with van der Waals surface area (Å²) in [4.78, 5) is 2.61. The van der Waals surface area contributed by atoms with Crippen LogP contribution in [-0.2, 0) is 0 Å². The van der Waals surface area contributed by atoms with Crippen LogP contribution in [0.2, 0.25) is 0 Å². The van der Waals surface area contributed by atoms with Gasteiger partial charge in [-0.3, -0.25) is 0 Å². The molecule has 0 saturated carbocycles. The molecule has 0 spiro atoms. The van der Waals surface area contributed by atoms with Gasteiger partial charge in [0.1, 0.15) is 0 Å². The predicted octanol–water partition coefficient (Wildman–Crippen LogP) is 2.51. The zero-order valence-corrected chi connectivity index (χ0v) is 6.12. The van der Waals surface area contributed by atoms with Gasteiger partial charge >= 0.3 is 0 Å². The zero-order valence-electron chi connectivity index (χ0n) is 4.53. The molecule has 0 aliphatic heterocycles. The smallest absolute Gasteiger partial charge is 0.0810 e. The molecular weight excluding hydrogens is 152 g/mol. The van der Waals surface area contributed by atoms with E-state index in [1.54, 1.807) is 0 Å². The molecule has 0 saturated heterocycles. The number of rotatable bonds is 1. The Labute approximate surface area is 53.1 Å². The average molecular weight is 160 g/mol. The summed E-state index contributed by atoms with van der Waals surface area (Å²) in [6.45, 7) is 4.19. The van der Waals surface area contributed by atoms with Crippen LogP contribution in [0.4, 0.5) is 0 Å². The maximum absolute atomic E-state index is 2.99. The van der Waals surface area contributed by atoms with E-state index in [-0.39, 0.29) is 0 Å². The number of halogens is 1. The molecule has 0 aliphatic carbocycles. The van der Waals surface area contributed by atoms with Crippen LogP contribution in [0.15, 0.2) is 11.8 Å². The Morgan fingerprint density at radius 1 is 1.57 bits per heavy atom. The molecule has 0 rings (SSSR count). The fourth-order valence-electron chi connectivity index (χ4n) is 0.198.